The van der Waals surface area contributed by atoms with Gasteiger partial charge in [0.2, 0.25) is 0 Å². The second-order valence-corrected chi connectivity index (χ2v) is 5.50. The van der Waals surface area contributed by atoms with Crippen molar-refractivity contribution in [3.8, 4) is 0 Å². The van der Waals surface area contributed by atoms with Crippen LogP contribution in [0.3, 0.4) is 0 Å². The maximum atomic E-state index is 5.62. The van der Waals surface area contributed by atoms with Crippen LogP contribution in [0.5, 0.6) is 0 Å². The zero-order chi connectivity index (χ0) is 13.9. The highest BCUT2D eigenvalue weighted by molar-refractivity contribution is 4.81. The Labute approximate surface area is 118 Å². The van der Waals surface area contributed by atoms with Gasteiger partial charge in [0.1, 0.15) is 0 Å². The van der Waals surface area contributed by atoms with Gasteiger partial charge < -0.3 is 19.7 Å². The number of methoxy groups -OCH3 is 1. The van der Waals surface area contributed by atoms with Crippen molar-refractivity contribution in [3.63, 3.8) is 0 Å². The fraction of sp³-hybridized carbons (Fsp3) is 1.00. The minimum absolute atomic E-state index is 0.748. The third-order valence-corrected chi connectivity index (χ3v) is 4.04. The summed E-state index contributed by atoms with van der Waals surface area (Å²) in [6.45, 7) is 6.79. The first-order chi connectivity index (χ1) is 9.27. The Morgan fingerprint density at radius 1 is 1.11 bits per heavy atom. The third-order valence-electron chi connectivity index (χ3n) is 4.04. The molecule has 1 fully saturated rings. The number of hydrogen-bond donors (Lipinski definition) is 1. The number of nitrogens with one attached hydrogen (secondary N) is 1. The van der Waals surface area contributed by atoms with Crippen LogP contribution in [-0.2, 0) is 9.47 Å². The summed E-state index contributed by atoms with van der Waals surface area (Å²) >= 11 is 0. The van der Waals surface area contributed by atoms with Gasteiger partial charge in [-0.25, -0.2) is 0 Å². The molecule has 0 unspecified atom stereocenters. The monoisotopic (exact) mass is 272 g/mol. The van der Waals surface area contributed by atoms with Gasteiger partial charge >= 0.3 is 0 Å². The number of nitrogens with zero attached hydrogens (tertiary/aromatic N) is 1. The van der Waals surface area contributed by atoms with Crippen LogP contribution in [0.4, 0.5) is 0 Å². The van der Waals surface area contributed by atoms with E-state index in [-0.39, 0.29) is 0 Å². The first-order valence-electron chi connectivity index (χ1n) is 7.78. The minimum atomic E-state index is 0.748. The van der Waals surface area contributed by atoms with Gasteiger partial charge in [-0.15, -0.1) is 0 Å². The molecule has 0 aromatic rings. The van der Waals surface area contributed by atoms with E-state index in [0.717, 1.165) is 51.4 Å². The standard InChI is InChI=1S/C15H32N2O2/c1-4-16-14-6-8-15(9-7-14)17(2)10-13-19-12-5-11-18-3/h14-16H,4-13H2,1-3H3. The van der Waals surface area contributed by atoms with Crippen LogP contribution in [0, 0.1) is 0 Å². The third kappa shape index (κ3) is 7.25. The van der Waals surface area contributed by atoms with Gasteiger partial charge in [-0.1, -0.05) is 6.92 Å². The maximum absolute atomic E-state index is 5.62. The zero-order valence-electron chi connectivity index (χ0n) is 13.0. The molecule has 0 aromatic carbocycles. The molecule has 1 N–H and O–H groups in total. The maximum Gasteiger partial charge on any atom is 0.0593 e. The lowest BCUT2D eigenvalue weighted by molar-refractivity contribution is 0.0729. The molecule has 4 nitrogen and oxygen atoms in total. The summed E-state index contributed by atoms with van der Waals surface area (Å²) in [7, 11) is 3.97. The van der Waals surface area contributed by atoms with E-state index in [9.17, 15) is 0 Å². The SMILES string of the molecule is CCNC1CCC(N(C)CCOCCCOC)CC1. The Hall–Kier alpha value is -0.160. The molecular formula is C15H32N2O2. The fourth-order valence-corrected chi connectivity index (χ4v) is 2.81. The highest BCUT2D eigenvalue weighted by atomic mass is 16.5. The Bertz CT molecular complexity index is 206. The van der Waals surface area contributed by atoms with Crippen molar-refractivity contribution < 1.29 is 9.47 Å². The quantitative estimate of drug-likeness (QED) is 0.616. The average molecular weight is 272 g/mol. The Morgan fingerprint density at radius 3 is 2.47 bits per heavy atom. The Balaban J connectivity index is 2.02. The molecule has 0 bridgehead atoms. The van der Waals surface area contributed by atoms with Crippen LogP contribution in [0.25, 0.3) is 0 Å². The molecular weight excluding hydrogens is 240 g/mol. The topological polar surface area (TPSA) is 33.7 Å². The van der Waals surface area contributed by atoms with E-state index >= 15 is 0 Å². The van der Waals surface area contributed by atoms with E-state index in [1.165, 1.54) is 25.7 Å². The molecule has 114 valence electrons. The lowest BCUT2D eigenvalue weighted by atomic mass is 9.90. The van der Waals surface area contributed by atoms with Crippen LogP contribution in [0.1, 0.15) is 39.0 Å². The molecule has 0 aromatic heterocycles. The van der Waals surface area contributed by atoms with Crippen molar-refractivity contribution in [2.75, 3.05) is 47.1 Å². The normalized spacial score (nSPS) is 24.0. The molecule has 4 heteroatoms. The van der Waals surface area contributed by atoms with Crippen molar-refractivity contribution >= 4 is 0 Å². The second-order valence-electron chi connectivity index (χ2n) is 5.50. The molecule has 1 saturated carbocycles. The molecule has 0 aliphatic heterocycles. The van der Waals surface area contributed by atoms with E-state index in [4.69, 9.17) is 9.47 Å². The summed E-state index contributed by atoms with van der Waals surface area (Å²) in [6, 6.07) is 1.50. The molecule has 1 aliphatic carbocycles. The number of hydrogen-bond acceptors (Lipinski definition) is 4. The zero-order valence-corrected chi connectivity index (χ0v) is 13.0. The van der Waals surface area contributed by atoms with Gasteiger partial charge in [-0.3, -0.25) is 0 Å². The van der Waals surface area contributed by atoms with Gasteiger partial charge in [-0.05, 0) is 45.7 Å². The highest BCUT2D eigenvalue weighted by Crippen LogP contribution is 2.22. The minimum Gasteiger partial charge on any atom is -0.385 e. The van der Waals surface area contributed by atoms with Gasteiger partial charge in [0.05, 0.1) is 6.61 Å². The van der Waals surface area contributed by atoms with E-state index < -0.39 is 0 Å². The first-order valence-corrected chi connectivity index (χ1v) is 7.78. The van der Waals surface area contributed by atoms with Gasteiger partial charge in [0.25, 0.3) is 0 Å². The predicted molar refractivity (Wildman–Crippen MR) is 79.7 cm³/mol. The molecule has 1 rings (SSSR count). The van der Waals surface area contributed by atoms with Gasteiger partial charge in [0.15, 0.2) is 0 Å². The van der Waals surface area contributed by atoms with E-state index in [0.29, 0.717) is 0 Å². The van der Waals surface area contributed by atoms with Crippen LogP contribution in [0.2, 0.25) is 0 Å². The largest absolute Gasteiger partial charge is 0.385 e. The van der Waals surface area contributed by atoms with Crippen molar-refractivity contribution in [1.82, 2.24) is 10.2 Å². The van der Waals surface area contributed by atoms with Crippen molar-refractivity contribution in [2.45, 2.75) is 51.1 Å². The average Bonchev–Trinajstić information content (AvgIpc) is 2.43. The molecule has 0 radical (unpaired) electrons. The number of rotatable bonds is 10. The van der Waals surface area contributed by atoms with Crippen LogP contribution >= 0.6 is 0 Å². The lowest BCUT2D eigenvalue weighted by Crippen LogP contribution is -2.41. The number of ether oxygens (including phenoxy) is 2. The summed E-state index contributed by atoms with van der Waals surface area (Å²) in [4.78, 5) is 2.47. The molecule has 0 amide bonds. The summed E-state index contributed by atoms with van der Waals surface area (Å²) in [5.74, 6) is 0. The van der Waals surface area contributed by atoms with Crippen LogP contribution < -0.4 is 5.32 Å². The Kier molecular flexibility index (Phi) is 9.43. The summed E-state index contributed by atoms with van der Waals surface area (Å²) in [5.41, 5.74) is 0. The molecule has 19 heavy (non-hydrogen) atoms. The molecule has 0 saturated heterocycles. The summed E-state index contributed by atoms with van der Waals surface area (Å²) in [6.07, 6.45) is 6.26. The first kappa shape index (κ1) is 16.9. The lowest BCUT2D eigenvalue weighted by Gasteiger charge is -2.34. The summed E-state index contributed by atoms with van der Waals surface area (Å²) in [5, 5.41) is 3.56. The predicted octanol–water partition coefficient (Wildman–Crippen LogP) is 1.89. The van der Waals surface area contributed by atoms with Crippen molar-refractivity contribution in [1.29, 1.82) is 0 Å². The van der Waals surface area contributed by atoms with Crippen molar-refractivity contribution in [3.05, 3.63) is 0 Å². The molecule has 0 atom stereocenters. The van der Waals surface area contributed by atoms with E-state index in [2.05, 4.69) is 24.2 Å². The smallest absolute Gasteiger partial charge is 0.0593 e. The van der Waals surface area contributed by atoms with Gasteiger partial charge in [0, 0.05) is 39.0 Å². The van der Waals surface area contributed by atoms with E-state index in [1.807, 2.05) is 0 Å². The molecule has 0 heterocycles. The van der Waals surface area contributed by atoms with Gasteiger partial charge in [-0.2, -0.15) is 0 Å². The fourth-order valence-electron chi connectivity index (χ4n) is 2.81. The molecule has 1 aliphatic rings. The van der Waals surface area contributed by atoms with Crippen LogP contribution in [-0.4, -0.2) is 64.1 Å². The van der Waals surface area contributed by atoms with E-state index in [1.54, 1.807) is 7.11 Å². The Morgan fingerprint density at radius 2 is 1.84 bits per heavy atom. The number of likely N-dealkylation sites (N-methyl/N-ethyl adjacent to an activating group) is 1. The van der Waals surface area contributed by atoms with Crippen molar-refractivity contribution in [2.24, 2.45) is 0 Å². The van der Waals surface area contributed by atoms with Crippen LogP contribution in [0.15, 0.2) is 0 Å². The molecule has 0 spiro atoms. The highest BCUT2D eigenvalue weighted by Gasteiger charge is 2.22. The summed E-state index contributed by atoms with van der Waals surface area (Å²) < 4.78 is 10.6. The second kappa shape index (κ2) is 10.6.